The van der Waals surface area contributed by atoms with Crippen molar-refractivity contribution >= 4 is 17.5 Å². The van der Waals surface area contributed by atoms with Crippen molar-refractivity contribution in [2.75, 3.05) is 43.5 Å². The van der Waals surface area contributed by atoms with Gasteiger partial charge in [0.25, 0.3) is 0 Å². The average molecular weight is 395 g/mol. The van der Waals surface area contributed by atoms with Crippen LogP contribution in [0.25, 0.3) is 0 Å². The number of alkyl halides is 3. The van der Waals surface area contributed by atoms with Crippen LogP contribution in [-0.4, -0.2) is 60.4 Å². The SMILES string of the molecule is COc1cc(N2CCN(C(=O)Nc3ccc(CC(F)(F)F)cc3)CC2)ncn1. The van der Waals surface area contributed by atoms with E-state index < -0.39 is 12.6 Å². The molecule has 0 atom stereocenters. The zero-order valence-electron chi connectivity index (χ0n) is 15.2. The number of nitrogens with zero attached hydrogens (tertiary/aromatic N) is 4. The number of piperazine rings is 1. The van der Waals surface area contributed by atoms with Gasteiger partial charge in [-0.15, -0.1) is 0 Å². The number of anilines is 2. The van der Waals surface area contributed by atoms with E-state index in [9.17, 15) is 18.0 Å². The monoisotopic (exact) mass is 395 g/mol. The second-order valence-corrected chi connectivity index (χ2v) is 6.31. The standard InChI is InChI=1S/C18H20F3N5O2/c1-28-16-10-15(22-12-23-16)25-6-8-26(9-7-25)17(27)24-14-4-2-13(3-5-14)11-18(19,20)21/h2-5,10,12H,6-9,11H2,1H3,(H,24,27). The number of carbonyl (C=O) groups is 1. The van der Waals surface area contributed by atoms with Crippen LogP contribution in [-0.2, 0) is 6.42 Å². The molecule has 0 spiro atoms. The van der Waals surface area contributed by atoms with E-state index in [2.05, 4.69) is 15.3 Å². The largest absolute Gasteiger partial charge is 0.481 e. The Morgan fingerprint density at radius 3 is 2.43 bits per heavy atom. The quantitative estimate of drug-likeness (QED) is 0.862. The Morgan fingerprint density at radius 2 is 1.82 bits per heavy atom. The molecule has 1 aromatic carbocycles. The Balaban J connectivity index is 1.52. The third-order valence-electron chi connectivity index (χ3n) is 4.34. The summed E-state index contributed by atoms with van der Waals surface area (Å²) in [6.07, 6.45) is -3.81. The predicted molar refractivity (Wildman–Crippen MR) is 97.6 cm³/mol. The molecule has 2 aromatic rings. The number of halogens is 3. The van der Waals surface area contributed by atoms with Crippen molar-refractivity contribution in [1.82, 2.24) is 14.9 Å². The molecule has 1 fully saturated rings. The number of urea groups is 1. The highest BCUT2D eigenvalue weighted by Gasteiger charge is 2.27. The topological polar surface area (TPSA) is 70.6 Å². The van der Waals surface area contributed by atoms with Gasteiger partial charge >= 0.3 is 12.2 Å². The summed E-state index contributed by atoms with van der Waals surface area (Å²) in [7, 11) is 1.53. The molecule has 3 rings (SSSR count). The van der Waals surface area contributed by atoms with Crippen LogP contribution in [0.5, 0.6) is 5.88 Å². The van der Waals surface area contributed by atoms with E-state index in [0.29, 0.717) is 37.7 Å². The highest BCUT2D eigenvalue weighted by atomic mass is 19.4. The zero-order valence-corrected chi connectivity index (χ0v) is 15.2. The van der Waals surface area contributed by atoms with Crippen molar-refractivity contribution in [2.45, 2.75) is 12.6 Å². The molecule has 0 radical (unpaired) electrons. The Bertz CT molecular complexity index is 806. The molecule has 28 heavy (non-hydrogen) atoms. The van der Waals surface area contributed by atoms with Gasteiger partial charge in [-0.1, -0.05) is 12.1 Å². The minimum Gasteiger partial charge on any atom is -0.481 e. The molecule has 7 nitrogen and oxygen atoms in total. The first-order chi connectivity index (χ1) is 13.3. The third-order valence-corrected chi connectivity index (χ3v) is 4.34. The molecule has 0 aliphatic carbocycles. The fourth-order valence-electron chi connectivity index (χ4n) is 2.89. The predicted octanol–water partition coefficient (Wildman–Crippen LogP) is 2.94. The lowest BCUT2D eigenvalue weighted by atomic mass is 10.1. The maximum absolute atomic E-state index is 12.4. The van der Waals surface area contributed by atoms with Gasteiger partial charge in [-0.2, -0.15) is 13.2 Å². The molecule has 150 valence electrons. The van der Waals surface area contributed by atoms with Crippen molar-refractivity contribution in [2.24, 2.45) is 0 Å². The first kappa shape index (κ1) is 19.7. The van der Waals surface area contributed by atoms with Crippen molar-refractivity contribution in [1.29, 1.82) is 0 Å². The van der Waals surface area contributed by atoms with Crippen molar-refractivity contribution in [3.63, 3.8) is 0 Å². The van der Waals surface area contributed by atoms with Crippen LogP contribution < -0.4 is 15.0 Å². The highest BCUT2D eigenvalue weighted by molar-refractivity contribution is 5.89. The first-order valence-corrected chi connectivity index (χ1v) is 8.67. The summed E-state index contributed by atoms with van der Waals surface area (Å²) in [5.41, 5.74) is 0.610. The van der Waals surface area contributed by atoms with E-state index in [1.807, 2.05) is 4.90 Å². The molecule has 1 N–H and O–H groups in total. The van der Waals surface area contributed by atoms with E-state index in [1.54, 1.807) is 11.0 Å². The van der Waals surface area contributed by atoms with Crippen LogP contribution in [0.2, 0.25) is 0 Å². The number of rotatable bonds is 4. The van der Waals surface area contributed by atoms with Gasteiger partial charge in [-0.05, 0) is 17.7 Å². The smallest absolute Gasteiger partial charge is 0.393 e. The number of nitrogens with one attached hydrogen (secondary N) is 1. The number of benzene rings is 1. The van der Waals surface area contributed by atoms with Crippen molar-refractivity contribution in [3.8, 4) is 5.88 Å². The van der Waals surface area contributed by atoms with Gasteiger partial charge < -0.3 is 19.9 Å². The fourth-order valence-corrected chi connectivity index (χ4v) is 2.89. The molecule has 2 amide bonds. The Labute approximate surface area is 160 Å². The van der Waals surface area contributed by atoms with Gasteiger partial charge in [0, 0.05) is 37.9 Å². The lowest BCUT2D eigenvalue weighted by Crippen LogP contribution is -2.50. The molecule has 0 saturated carbocycles. The molecule has 0 bridgehead atoms. The number of carbonyl (C=O) groups excluding carboxylic acids is 1. The first-order valence-electron chi connectivity index (χ1n) is 8.67. The summed E-state index contributed by atoms with van der Waals surface area (Å²) in [5.74, 6) is 1.20. The second kappa shape index (κ2) is 8.32. The summed E-state index contributed by atoms with van der Waals surface area (Å²) in [6, 6.07) is 7.12. The van der Waals surface area contributed by atoms with Gasteiger partial charge in [-0.25, -0.2) is 14.8 Å². The number of amides is 2. The molecule has 10 heteroatoms. The fraction of sp³-hybridized carbons (Fsp3) is 0.389. The minimum atomic E-state index is -4.25. The average Bonchev–Trinajstić information content (AvgIpc) is 2.68. The Morgan fingerprint density at radius 1 is 1.14 bits per heavy atom. The lowest BCUT2D eigenvalue weighted by Gasteiger charge is -2.35. The number of hydrogen-bond donors (Lipinski definition) is 1. The number of hydrogen-bond acceptors (Lipinski definition) is 5. The van der Waals surface area contributed by atoms with Crippen LogP contribution in [0.1, 0.15) is 5.56 Å². The second-order valence-electron chi connectivity index (χ2n) is 6.31. The lowest BCUT2D eigenvalue weighted by molar-refractivity contribution is -0.127. The Hall–Kier alpha value is -3.04. The molecule has 0 unspecified atom stereocenters. The number of ether oxygens (including phenoxy) is 1. The maximum atomic E-state index is 12.4. The number of aromatic nitrogens is 2. The van der Waals surface area contributed by atoms with Crippen LogP contribution in [0.4, 0.5) is 29.5 Å². The van der Waals surface area contributed by atoms with Gasteiger partial charge in [-0.3, -0.25) is 0 Å². The van der Waals surface area contributed by atoms with Crippen LogP contribution in [0.15, 0.2) is 36.7 Å². The van der Waals surface area contributed by atoms with E-state index in [0.717, 1.165) is 5.82 Å². The molecule has 1 aliphatic heterocycles. The summed E-state index contributed by atoms with van der Waals surface area (Å²) >= 11 is 0. The van der Waals surface area contributed by atoms with Crippen LogP contribution >= 0.6 is 0 Å². The molecular weight excluding hydrogens is 375 g/mol. The normalized spacial score (nSPS) is 14.7. The Kier molecular flexibility index (Phi) is 5.86. The summed E-state index contributed by atoms with van der Waals surface area (Å²) in [4.78, 5) is 24.3. The molecule has 2 heterocycles. The maximum Gasteiger partial charge on any atom is 0.393 e. The van der Waals surface area contributed by atoms with Crippen LogP contribution in [0, 0.1) is 0 Å². The summed E-state index contributed by atoms with van der Waals surface area (Å²) in [6.45, 7) is 2.17. The highest BCUT2D eigenvalue weighted by Crippen LogP contribution is 2.22. The summed E-state index contributed by atoms with van der Waals surface area (Å²) < 4.78 is 42.3. The van der Waals surface area contributed by atoms with Crippen molar-refractivity contribution in [3.05, 3.63) is 42.2 Å². The van der Waals surface area contributed by atoms with Crippen LogP contribution in [0.3, 0.4) is 0 Å². The number of methoxy groups -OCH3 is 1. The van der Waals surface area contributed by atoms with E-state index in [-0.39, 0.29) is 11.6 Å². The summed E-state index contributed by atoms with van der Waals surface area (Å²) in [5, 5.41) is 2.72. The molecule has 1 saturated heterocycles. The van der Waals surface area contributed by atoms with E-state index in [1.165, 1.54) is 37.7 Å². The molecule has 1 aliphatic rings. The minimum absolute atomic E-state index is 0.152. The zero-order chi connectivity index (χ0) is 20.1. The van der Waals surface area contributed by atoms with Gasteiger partial charge in [0.05, 0.1) is 13.5 Å². The third kappa shape index (κ3) is 5.24. The van der Waals surface area contributed by atoms with Gasteiger partial charge in [0.2, 0.25) is 5.88 Å². The molecular formula is C18H20F3N5O2. The van der Waals surface area contributed by atoms with Gasteiger partial charge in [0.1, 0.15) is 12.1 Å². The molecule has 1 aromatic heterocycles. The van der Waals surface area contributed by atoms with E-state index >= 15 is 0 Å². The van der Waals surface area contributed by atoms with Crippen molar-refractivity contribution < 1.29 is 22.7 Å². The van der Waals surface area contributed by atoms with E-state index in [4.69, 9.17) is 4.74 Å². The van der Waals surface area contributed by atoms with Gasteiger partial charge in [0.15, 0.2) is 0 Å².